The number of nitrogens with zero attached hydrogens (tertiary/aromatic N) is 1. The van der Waals surface area contributed by atoms with E-state index in [0.717, 1.165) is 43.2 Å². The van der Waals surface area contributed by atoms with Gasteiger partial charge in [0, 0.05) is 67.6 Å². The topological polar surface area (TPSA) is 166 Å². The first-order valence-electron chi connectivity index (χ1n) is 22.3. The van der Waals surface area contributed by atoms with Crippen LogP contribution in [0.3, 0.4) is 0 Å². The molecule has 0 unspecified atom stereocenters. The van der Waals surface area contributed by atoms with Gasteiger partial charge in [0.2, 0.25) is 23.6 Å². The molecule has 1 aliphatic heterocycles. The molecule has 0 bridgehead atoms. The van der Waals surface area contributed by atoms with Gasteiger partial charge in [-0.15, -0.1) is 0 Å². The fourth-order valence-electron chi connectivity index (χ4n) is 8.50. The number of unbranched alkanes of at least 4 members (excludes halogenated alkanes) is 3. The normalized spacial score (nSPS) is 21.4. The number of halogens is 1. The zero-order chi connectivity index (χ0) is 44.3. The van der Waals surface area contributed by atoms with Gasteiger partial charge in [-0.25, -0.2) is 4.39 Å². The molecule has 13 heteroatoms. The molecular weight excluding hydrogens is 800 g/mol. The van der Waals surface area contributed by atoms with Gasteiger partial charge in [0.05, 0.1) is 11.8 Å². The number of nitrogens with one attached hydrogen (secondary N) is 5. The van der Waals surface area contributed by atoms with E-state index in [1.807, 2.05) is 60.7 Å². The van der Waals surface area contributed by atoms with Crippen molar-refractivity contribution >= 4 is 35.4 Å². The van der Waals surface area contributed by atoms with Crippen LogP contribution in [0.15, 0.2) is 109 Å². The minimum Gasteiger partial charge on any atom is -0.354 e. The van der Waals surface area contributed by atoms with Crippen LogP contribution in [0.1, 0.15) is 101 Å². The van der Waals surface area contributed by atoms with Gasteiger partial charge < -0.3 is 31.5 Å². The van der Waals surface area contributed by atoms with Crippen molar-refractivity contribution in [1.82, 2.24) is 31.5 Å². The van der Waals surface area contributed by atoms with E-state index in [4.69, 9.17) is 0 Å². The van der Waals surface area contributed by atoms with Crippen LogP contribution in [0.25, 0.3) is 0 Å². The summed E-state index contributed by atoms with van der Waals surface area (Å²) in [6.45, 7) is 2.22. The van der Waals surface area contributed by atoms with Gasteiger partial charge in [-0.1, -0.05) is 99.0 Å². The molecule has 1 saturated heterocycles. The number of hydrogen-bond donors (Lipinski definition) is 5. The molecule has 4 aromatic carbocycles. The van der Waals surface area contributed by atoms with E-state index in [1.54, 1.807) is 12.1 Å². The molecule has 63 heavy (non-hydrogen) atoms. The van der Waals surface area contributed by atoms with E-state index in [0.29, 0.717) is 18.4 Å². The van der Waals surface area contributed by atoms with Crippen LogP contribution in [-0.4, -0.2) is 84.6 Å². The van der Waals surface area contributed by atoms with Crippen LogP contribution >= 0.6 is 0 Å². The predicted octanol–water partition coefficient (Wildman–Crippen LogP) is 5.40. The van der Waals surface area contributed by atoms with Gasteiger partial charge in [0.1, 0.15) is 11.9 Å². The number of benzene rings is 4. The lowest BCUT2D eigenvalue weighted by Crippen LogP contribution is -2.52. The number of carbonyl (C=O) groups excluding carboxylic acids is 6. The van der Waals surface area contributed by atoms with Crippen molar-refractivity contribution in [1.29, 1.82) is 0 Å². The Morgan fingerprint density at radius 2 is 1.27 bits per heavy atom. The van der Waals surface area contributed by atoms with E-state index < -0.39 is 29.7 Å². The van der Waals surface area contributed by atoms with Crippen molar-refractivity contribution < 1.29 is 33.2 Å². The minimum absolute atomic E-state index is 0.0406. The Labute approximate surface area is 368 Å². The summed E-state index contributed by atoms with van der Waals surface area (Å²) in [6.07, 6.45) is 5.82. The molecule has 3 fully saturated rings. The fraction of sp³-hybridized carbons (Fsp3) is 0.400. The standard InChI is InChI=1S/C50H57FN6O6/c1-2-3-4-11-19-45(58)54-44(49(62)52-25-24-32-13-12-18-37(51)26-32)29-53-46(59)35-20-22-36(23-21-35)50(63)57-30-40(47(60)55-42-27-38(42)33-14-7-5-8-15-33)41(31-57)48(61)56-43-28-39(43)34-16-9-6-10-17-34/h5-10,12-18,20-23,26,38-44H,2-4,11,19,24-25,27-31H2,1H3,(H,52,62)(H,53,59)(H,54,58)(H,55,60)(H,56,61)/t38-,39-,40-,41-,42+,43+,44+/m1/s1. The first-order valence-corrected chi connectivity index (χ1v) is 22.3. The molecule has 2 saturated carbocycles. The van der Waals surface area contributed by atoms with E-state index in [-0.39, 0.29) is 97.1 Å². The summed E-state index contributed by atoms with van der Waals surface area (Å²) in [5.74, 6) is -3.61. The van der Waals surface area contributed by atoms with E-state index in [1.165, 1.54) is 41.3 Å². The van der Waals surface area contributed by atoms with Crippen LogP contribution in [0, 0.1) is 17.7 Å². The third-order valence-corrected chi connectivity index (χ3v) is 12.3. The van der Waals surface area contributed by atoms with Gasteiger partial charge in [0.15, 0.2) is 0 Å². The number of carbonyl (C=O) groups is 6. The Bertz CT molecular complexity index is 2170. The molecule has 7 rings (SSSR count). The van der Waals surface area contributed by atoms with Gasteiger partial charge in [0.25, 0.3) is 11.8 Å². The van der Waals surface area contributed by atoms with E-state index in [9.17, 15) is 33.2 Å². The third kappa shape index (κ3) is 12.2. The summed E-state index contributed by atoms with van der Waals surface area (Å²) in [7, 11) is 0. The highest BCUT2D eigenvalue weighted by atomic mass is 19.1. The average molecular weight is 857 g/mol. The van der Waals surface area contributed by atoms with Crippen molar-refractivity contribution in [2.75, 3.05) is 26.2 Å². The Balaban J connectivity index is 0.962. The van der Waals surface area contributed by atoms with E-state index in [2.05, 4.69) is 33.5 Å². The Kier molecular flexibility index (Phi) is 15.0. The summed E-state index contributed by atoms with van der Waals surface area (Å²) < 4.78 is 13.7. The third-order valence-electron chi connectivity index (χ3n) is 12.3. The second kappa shape index (κ2) is 21.1. The molecule has 330 valence electrons. The minimum atomic E-state index is -1.06. The lowest BCUT2D eigenvalue weighted by atomic mass is 9.94. The predicted molar refractivity (Wildman–Crippen MR) is 237 cm³/mol. The SMILES string of the molecule is CCCCCCC(=O)N[C@@H](CNC(=O)c1ccc(C(=O)N2C[C@@H](C(=O)N[C@H]3C[C@@H]3c3ccccc3)[C@H](C(=O)N[C@H]3C[C@@H]3c3ccccc3)C2)cc1)C(=O)NCCc1cccc(F)c1. The summed E-state index contributed by atoms with van der Waals surface area (Å²) in [5.41, 5.74) is 3.53. The number of likely N-dealkylation sites (tertiary alicyclic amines) is 1. The van der Waals surface area contributed by atoms with Crippen LogP contribution in [0.2, 0.25) is 0 Å². The molecule has 1 heterocycles. The molecule has 2 aliphatic carbocycles. The number of rotatable bonds is 20. The van der Waals surface area contributed by atoms with E-state index >= 15 is 0 Å². The molecule has 7 atom stereocenters. The molecular formula is C50H57FN6O6. The molecule has 0 spiro atoms. The largest absolute Gasteiger partial charge is 0.354 e. The maximum Gasteiger partial charge on any atom is 0.253 e. The maximum absolute atomic E-state index is 14.0. The van der Waals surface area contributed by atoms with Crippen LogP contribution in [0.5, 0.6) is 0 Å². The summed E-state index contributed by atoms with van der Waals surface area (Å²) in [6, 6.07) is 31.0. The van der Waals surface area contributed by atoms with Crippen molar-refractivity contribution in [2.45, 2.75) is 88.3 Å². The number of hydrogen-bond acceptors (Lipinski definition) is 6. The smallest absolute Gasteiger partial charge is 0.253 e. The second-order valence-corrected chi connectivity index (χ2v) is 17.0. The van der Waals surface area contributed by atoms with Gasteiger partial charge in [-0.3, -0.25) is 28.8 Å². The highest BCUT2D eigenvalue weighted by Gasteiger charge is 2.49. The highest BCUT2D eigenvalue weighted by Crippen LogP contribution is 2.42. The molecule has 5 N–H and O–H groups in total. The average Bonchev–Trinajstić information content (AvgIpc) is 4.21. The molecule has 3 aliphatic rings. The first kappa shape index (κ1) is 44.7. The number of amides is 6. The van der Waals surface area contributed by atoms with Crippen molar-refractivity contribution in [3.63, 3.8) is 0 Å². The van der Waals surface area contributed by atoms with Gasteiger partial charge >= 0.3 is 0 Å². The first-order chi connectivity index (χ1) is 30.6. The quantitative estimate of drug-likeness (QED) is 0.0748. The molecule has 0 aromatic heterocycles. The summed E-state index contributed by atoms with van der Waals surface area (Å²) in [5, 5.41) is 14.6. The monoisotopic (exact) mass is 856 g/mol. The lowest BCUT2D eigenvalue weighted by molar-refractivity contribution is -0.133. The zero-order valence-corrected chi connectivity index (χ0v) is 35.7. The summed E-state index contributed by atoms with van der Waals surface area (Å²) in [4.78, 5) is 82.6. The molecule has 4 aromatic rings. The molecule has 12 nitrogen and oxygen atoms in total. The second-order valence-electron chi connectivity index (χ2n) is 17.0. The van der Waals surface area contributed by atoms with Crippen LogP contribution in [0.4, 0.5) is 4.39 Å². The molecule has 0 radical (unpaired) electrons. The summed E-state index contributed by atoms with van der Waals surface area (Å²) >= 11 is 0. The molecule has 6 amide bonds. The van der Waals surface area contributed by atoms with Gasteiger partial charge in [-0.2, -0.15) is 0 Å². The van der Waals surface area contributed by atoms with Gasteiger partial charge in [-0.05, 0) is 78.8 Å². The Morgan fingerprint density at radius 3 is 1.84 bits per heavy atom. The zero-order valence-electron chi connectivity index (χ0n) is 35.7. The van der Waals surface area contributed by atoms with Crippen molar-refractivity contribution in [2.24, 2.45) is 11.8 Å². The Hall–Kier alpha value is -6.37. The van der Waals surface area contributed by atoms with Crippen LogP contribution < -0.4 is 26.6 Å². The highest BCUT2D eigenvalue weighted by molar-refractivity contribution is 5.99. The fourth-order valence-corrected chi connectivity index (χ4v) is 8.50. The lowest BCUT2D eigenvalue weighted by Gasteiger charge is -2.19. The Morgan fingerprint density at radius 1 is 0.683 bits per heavy atom. The van der Waals surface area contributed by atoms with Crippen LogP contribution in [-0.2, 0) is 25.6 Å². The maximum atomic E-state index is 14.0. The van der Waals surface area contributed by atoms with Crippen molar-refractivity contribution in [3.8, 4) is 0 Å². The van der Waals surface area contributed by atoms with Crippen molar-refractivity contribution in [3.05, 3.63) is 143 Å².